The molecule has 0 bridgehead atoms. The Labute approximate surface area is 84.5 Å². The number of hydrogen-bond donors (Lipinski definition) is 1. The first kappa shape index (κ1) is 8.73. The number of rotatable bonds is 0. The number of aromatic nitrogens is 2. The fraction of sp³-hybridized carbons (Fsp3) is 0. The molecule has 0 aliphatic heterocycles. The average Bonchev–Trinajstić information content (AvgIpc) is 2.20. The zero-order valence-corrected chi connectivity index (χ0v) is 7.78. The van der Waals surface area contributed by atoms with E-state index in [1.807, 2.05) is 6.07 Å². The molecule has 0 atom stereocenters. The normalized spacial score (nSPS) is 10.0. The molecular formula is C9H5ClN4. The van der Waals surface area contributed by atoms with E-state index in [0.29, 0.717) is 10.7 Å². The van der Waals surface area contributed by atoms with Crippen LogP contribution in [0.15, 0.2) is 24.5 Å². The molecule has 0 radical (unpaired) electrons. The van der Waals surface area contributed by atoms with Crippen molar-refractivity contribution in [3.8, 4) is 6.07 Å². The number of nitriles is 1. The van der Waals surface area contributed by atoms with Crippen LogP contribution < -0.4 is 5.49 Å². The lowest BCUT2D eigenvalue weighted by Crippen LogP contribution is -2.17. The molecule has 5 heteroatoms. The van der Waals surface area contributed by atoms with Crippen molar-refractivity contribution in [2.45, 2.75) is 0 Å². The van der Waals surface area contributed by atoms with Gasteiger partial charge in [0.2, 0.25) is 0 Å². The summed E-state index contributed by atoms with van der Waals surface area (Å²) in [6.07, 6.45) is 2.94. The monoisotopic (exact) mass is 204 g/mol. The van der Waals surface area contributed by atoms with Crippen LogP contribution in [-0.2, 0) is 0 Å². The predicted octanol–water partition coefficient (Wildman–Crippen LogP) is 1.34. The lowest BCUT2D eigenvalue weighted by Gasteiger charge is -2.01. The van der Waals surface area contributed by atoms with Gasteiger partial charge >= 0.3 is 0 Å². The Morgan fingerprint density at radius 2 is 2.29 bits per heavy atom. The molecule has 68 valence electrons. The molecule has 2 rings (SSSR count). The van der Waals surface area contributed by atoms with Gasteiger partial charge < -0.3 is 0 Å². The first-order chi connectivity index (χ1) is 6.72. The van der Waals surface area contributed by atoms with E-state index in [0.717, 1.165) is 0 Å². The Morgan fingerprint density at radius 1 is 1.50 bits per heavy atom. The van der Waals surface area contributed by atoms with Crippen LogP contribution in [-0.4, -0.2) is 9.38 Å². The van der Waals surface area contributed by atoms with Crippen LogP contribution in [0.25, 0.3) is 5.65 Å². The van der Waals surface area contributed by atoms with Crippen molar-refractivity contribution in [3.05, 3.63) is 40.6 Å². The summed E-state index contributed by atoms with van der Waals surface area (Å²) in [5.74, 6) is 0. The standard InChI is InChI=1S/C9H5ClN4/c10-7-1-2-8-13-4-6(3-11)9(12)14(8)5-7/h1-2,4-5,12H. The summed E-state index contributed by atoms with van der Waals surface area (Å²) in [7, 11) is 0. The number of hydrogen-bond acceptors (Lipinski definition) is 3. The molecule has 14 heavy (non-hydrogen) atoms. The Hall–Kier alpha value is -1.86. The molecule has 0 aromatic carbocycles. The summed E-state index contributed by atoms with van der Waals surface area (Å²) in [4.78, 5) is 4.02. The lowest BCUT2D eigenvalue weighted by atomic mass is 10.3. The highest BCUT2D eigenvalue weighted by Gasteiger charge is 2.00. The molecule has 2 aromatic rings. The summed E-state index contributed by atoms with van der Waals surface area (Å²) in [6.45, 7) is 0. The summed E-state index contributed by atoms with van der Waals surface area (Å²) < 4.78 is 1.47. The highest BCUT2D eigenvalue weighted by Crippen LogP contribution is 2.07. The number of halogens is 1. The van der Waals surface area contributed by atoms with E-state index in [-0.39, 0.29) is 11.1 Å². The smallest absolute Gasteiger partial charge is 0.150 e. The molecule has 0 unspecified atom stereocenters. The van der Waals surface area contributed by atoms with Gasteiger partial charge in [-0.2, -0.15) is 5.26 Å². The zero-order chi connectivity index (χ0) is 10.1. The van der Waals surface area contributed by atoms with Gasteiger partial charge in [0, 0.05) is 6.20 Å². The molecule has 0 saturated heterocycles. The molecule has 4 nitrogen and oxygen atoms in total. The van der Waals surface area contributed by atoms with Crippen molar-refractivity contribution >= 4 is 17.2 Å². The van der Waals surface area contributed by atoms with Crippen LogP contribution in [0.5, 0.6) is 0 Å². The van der Waals surface area contributed by atoms with Gasteiger partial charge in [-0.05, 0) is 12.1 Å². The van der Waals surface area contributed by atoms with Gasteiger partial charge in [0.1, 0.15) is 22.8 Å². The van der Waals surface area contributed by atoms with Crippen molar-refractivity contribution in [1.29, 1.82) is 10.7 Å². The van der Waals surface area contributed by atoms with Crippen molar-refractivity contribution < 1.29 is 0 Å². The second kappa shape index (κ2) is 3.13. The van der Waals surface area contributed by atoms with Gasteiger partial charge in [0.25, 0.3) is 0 Å². The maximum Gasteiger partial charge on any atom is 0.150 e. The minimum absolute atomic E-state index is 0.0972. The molecule has 2 heterocycles. The minimum Gasteiger partial charge on any atom is -0.284 e. The molecule has 1 N–H and O–H groups in total. The molecule has 0 aliphatic carbocycles. The maximum atomic E-state index is 8.69. The van der Waals surface area contributed by atoms with Crippen LogP contribution >= 0.6 is 11.6 Å². The SMILES string of the molecule is N#Cc1cnc2ccc(Cl)cn2c1=N. The van der Waals surface area contributed by atoms with E-state index in [1.165, 1.54) is 10.6 Å². The van der Waals surface area contributed by atoms with E-state index in [9.17, 15) is 0 Å². The van der Waals surface area contributed by atoms with Crippen molar-refractivity contribution in [2.75, 3.05) is 0 Å². The molecule has 0 saturated carbocycles. The fourth-order valence-corrected chi connectivity index (χ4v) is 1.32. The van der Waals surface area contributed by atoms with Crippen LogP contribution in [0.1, 0.15) is 5.56 Å². The topological polar surface area (TPSA) is 64.9 Å². The summed E-state index contributed by atoms with van der Waals surface area (Å²) >= 11 is 5.77. The highest BCUT2D eigenvalue weighted by atomic mass is 35.5. The third-order valence-corrected chi connectivity index (χ3v) is 2.06. The Kier molecular flexibility index (Phi) is 1.95. The van der Waals surface area contributed by atoms with Gasteiger partial charge in [0.15, 0.2) is 0 Å². The Bertz CT molecular complexity index is 594. The van der Waals surface area contributed by atoms with E-state index >= 15 is 0 Å². The Morgan fingerprint density at radius 3 is 3.00 bits per heavy atom. The van der Waals surface area contributed by atoms with Crippen LogP contribution in [0, 0.1) is 16.7 Å². The first-order valence-corrected chi connectivity index (χ1v) is 4.22. The summed E-state index contributed by atoms with van der Waals surface area (Å²) in [5.41, 5.74) is 0.920. The largest absolute Gasteiger partial charge is 0.284 e. The number of nitrogens with one attached hydrogen (secondary N) is 1. The van der Waals surface area contributed by atoms with Gasteiger partial charge in [-0.15, -0.1) is 0 Å². The average molecular weight is 205 g/mol. The summed E-state index contributed by atoms with van der Waals surface area (Å²) in [5, 5.41) is 16.9. The number of pyridine rings is 1. The van der Waals surface area contributed by atoms with E-state index in [1.54, 1.807) is 18.3 Å². The minimum atomic E-state index is 0.0972. The van der Waals surface area contributed by atoms with E-state index < -0.39 is 0 Å². The van der Waals surface area contributed by atoms with Crippen LogP contribution in [0.3, 0.4) is 0 Å². The molecule has 0 spiro atoms. The first-order valence-electron chi connectivity index (χ1n) is 3.84. The van der Waals surface area contributed by atoms with E-state index in [4.69, 9.17) is 22.3 Å². The lowest BCUT2D eigenvalue weighted by molar-refractivity contribution is 0.961. The van der Waals surface area contributed by atoms with Gasteiger partial charge in [-0.3, -0.25) is 9.81 Å². The highest BCUT2D eigenvalue weighted by molar-refractivity contribution is 6.30. The predicted molar refractivity (Wildman–Crippen MR) is 50.8 cm³/mol. The second-order valence-corrected chi connectivity index (χ2v) is 3.14. The number of fused-ring (bicyclic) bond motifs is 1. The van der Waals surface area contributed by atoms with Crippen molar-refractivity contribution in [3.63, 3.8) is 0 Å². The molecule has 2 aromatic heterocycles. The Balaban J connectivity index is 2.96. The van der Waals surface area contributed by atoms with Gasteiger partial charge in [-0.1, -0.05) is 11.6 Å². The number of nitrogens with zero attached hydrogens (tertiary/aromatic N) is 3. The van der Waals surface area contributed by atoms with Crippen molar-refractivity contribution in [1.82, 2.24) is 9.38 Å². The summed E-state index contributed by atoms with van der Waals surface area (Å²) in [6, 6.07) is 5.28. The third kappa shape index (κ3) is 1.24. The van der Waals surface area contributed by atoms with Crippen molar-refractivity contribution in [2.24, 2.45) is 0 Å². The molecule has 0 amide bonds. The molecular weight excluding hydrogens is 200 g/mol. The second-order valence-electron chi connectivity index (χ2n) is 2.71. The fourth-order valence-electron chi connectivity index (χ4n) is 1.15. The molecule has 0 fully saturated rings. The van der Waals surface area contributed by atoms with Crippen LogP contribution in [0.2, 0.25) is 5.02 Å². The quantitative estimate of drug-likeness (QED) is 0.704. The van der Waals surface area contributed by atoms with E-state index in [2.05, 4.69) is 4.98 Å². The van der Waals surface area contributed by atoms with Gasteiger partial charge in [-0.25, -0.2) is 4.98 Å². The third-order valence-electron chi connectivity index (χ3n) is 1.83. The van der Waals surface area contributed by atoms with Gasteiger partial charge in [0.05, 0.1) is 11.2 Å². The zero-order valence-electron chi connectivity index (χ0n) is 7.03. The van der Waals surface area contributed by atoms with Crippen LogP contribution in [0.4, 0.5) is 0 Å². The maximum absolute atomic E-state index is 8.69. The molecule has 0 aliphatic rings.